The Morgan fingerprint density at radius 3 is 2.12 bits per heavy atom. The van der Waals surface area contributed by atoms with Gasteiger partial charge < -0.3 is 9.80 Å². The van der Waals surface area contributed by atoms with Crippen molar-refractivity contribution in [3.63, 3.8) is 0 Å². The molecule has 1 saturated carbocycles. The Hall–Kier alpha value is -1.55. The maximum atomic E-state index is 12.4. The van der Waals surface area contributed by atoms with Crippen molar-refractivity contribution in [1.82, 2.24) is 9.80 Å². The molecule has 2 fully saturated rings. The van der Waals surface area contributed by atoms with E-state index < -0.39 is 0 Å². The SMILES string of the molecule is O=C(CCCc1ccc(Cl)cc1)N1CCN(C(=O)CC2CCCC2)CC1. The number of benzene rings is 1. The maximum Gasteiger partial charge on any atom is 0.222 e. The molecule has 1 aliphatic carbocycles. The normalized spacial score (nSPS) is 18.3. The van der Waals surface area contributed by atoms with E-state index in [-0.39, 0.29) is 11.8 Å². The summed E-state index contributed by atoms with van der Waals surface area (Å²) in [5.41, 5.74) is 1.21. The molecular formula is C21H29ClN2O2. The summed E-state index contributed by atoms with van der Waals surface area (Å²) in [6.45, 7) is 2.73. The zero-order chi connectivity index (χ0) is 18.4. The largest absolute Gasteiger partial charge is 0.339 e. The topological polar surface area (TPSA) is 40.6 Å². The lowest BCUT2D eigenvalue weighted by atomic mass is 10.0. The van der Waals surface area contributed by atoms with Crippen LogP contribution in [0, 0.1) is 5.92 Å². The molecule has 1 aliphatic heterocycles. The lowest BCUT2D eigenvalue weighted by Crippen LogP contribution is -2.50. The van der Waals surface area contributed by atoms with Crippen LogP contribution in [-0.4, -0.2) is 47.8 Å². The highest BCUT2D eigenvalue weighted by Crippen LogP contribution is 2.28. The van der Waals surface area contributed by atoms with Gasteiger partial charge in [0.15, 0.2) is 0 Å². The molecule has 0 atom stereocenters. The Kier molecular flexibility index (Phi) is 6.95. The number of hydrogen-bond donors (Lipinski definition) is 0. The Labute approximate surface area is 161 Å². The summed E-state index contributed by atoms with van der Waals surface area (Å²) in [5.74, 6) is 1.09. The van der Waals surface area contributed by atoms with E-state index in [2.05, 4.69) is 0 Å². The fraction of sp³-hybridized carbons (Fsp3) is 0.619. The number of halogens is 1. The monoisotopic (exact) mass is 376 g/mol. The summed E-state index contributed by atoms with van der Waals surface area (Å²) in [6, 6.07) is 7.81. The van der Waals surface area contributed by atoms with Gasteiger partial charge in [-0.25, -0.2) is 0 Å². The van der Waals surface area contributed by atoms with Crippen molar-refractivity contribution >= 4 is 23.4 Å². The van der Waals surface area contributed by atoms with E-state index in [1.807, 2.05) is 34.1 Å². The molecule has 4 nitrogen and oxygen atoms in total. The van der Waals surface area contributed by atoms with Crippen LogP contribution in [-0.2, 0) is 16.0 Å². The van der Waals surface area contributed by atoms with Crippen molar-refractivity contribution in [2.45, 2.75) is 51.4 Å². The average Bonchev–Trinajstić information content (AvgIpc) is 3.16. The van der Waals surface area contributed by atoms with Gasteiger partial charge in [-0.1, -0.05) is 36.6 Å². The molecule has 5 heteroatoms. The molecule has 142 valence electrons. The van der Waals surface area contributed by atoms with Crippen molar-refractivity contribution in [1.29, 1.82) is 0 Å². The van der Waals surface area contributed by atoms with Crippen LogP contribution in [0.2, 0.25) is 5.02 Å². The molecule has 2 aliphatic rings. The van der Waals surface area contributed by atoms with Gasteiger partial charge in [0.2, 0.25) is 11.8 Å². The van der Waals surface area contributed by atoms with E-state index in [0.29, 0.717) is 44.9 Å². The second-order valence-electron chi connectivity index (χ2n) is 7.60. The van der Waals surface area contributed by atoms with Crippen LogP contribution in [0.15, 0.2) is 24.3 Å². The molecule has 2 amide bonds. The smallest absolute Gasteiger partial charge is 0.222 e. The first-order chi connectivity index (χ1) is 12.6. The van der Waals surface area contributed by atoms with Gasteiger partial charge in [-0.15, -0.1) is 0 Å². The minimum Gasteiger partial charge on any atom is -0.339 e. The van der Waals surface area contributed by atoms with Crippen LogP contribution < -0.4 is 0 Å². The van der Waals surface area contributed by atoms with Crippen molar-refractivity contribution < 1.29 is 9.59 Å². The zero-order valence-electron chi connectivity index (χ0n) is 15.5. The fourth-order valence-corrected chi connectivity index (χ4v) is 4.17. The summed E-state index contributed by atoms with van der Waals surface area (Å²) in [4.78, 5) is 28.7. The van der Waals surface area contributed by atoms with Crippen LogP contribution in [0.3, 0.4) is 0 Å². The predicted molar refractivity (Wildman–Crippen MR) is 104 cm³/mol. The lowest BCUT2D eigenvalue weighted by molar-refractivity contribution is -0.140. The number of rotatable bonds is 6. The highest BCUT2D eigenvalue weighted by Gasteiger charge is 2.26. The first kappa shape index (κ1) is 19.2. The first-order valence-electron chi connectivity index (χ1n) is 9.92. The molecule has 26 heavy (non-hydrogen) atoms. The second kappa shape index (κ2) is 9.40. The molecule has 1 heterocycles. The number of aryl methyl sites for hydroxylation is 1. The molecule has 1 saturated heterocycles. The van der Waals surface area contributed by atoms with Crippen LogP contribution in [0.4, 0.5) is 0 Å². The van der Waals surface area contributed by atoms with Gasteiger partial charge in [0.25, 0.3) is 0 Å². The van der Waals surface area contributed by atoms with E-state index in [4.69, 9.17) is 11.6 Å². The third-order valence-electron chi connectivity index (χ3n) is 5.69. The molecule has 0 radical (unpaired) electrons. The van der Waals surface area contributed by atoms with Gasteiger partial charge in [0, 0.05) is 44.0 Å². The van der Waals surface area contributed by atoms with E-state index in [0.717, 1.165) is 17.9 Å². The number of carbonyl (C=O) groups is 2. The molecule has 0 unspecified atom stereocenters. The Balaban J connectivity index is 1.35. The number of nitrogens with zero attached hydrogens (tertiary/aromatic N) is 2. The number of carbonyl (C=O) groups excluding carboxylic acids is 2. The lowest BCUT2D eigenvalue weighted by Gasteiger charge is -2.35. The Morgan fingerprint density at radius 1 is 0.923 bits per heavy atom. The number of piperazine rings is 1. The standard InChI is InChI=1S/C21H29ClN2O2/c22-19-10-8-17(9-11-19)6-3-7-20(25)23-12-14-24(15-13-23)21(26)16-18-4-1-2-5-18/h8-11,18H,1-7,12-16H2. The van der Waals surface area contributed by atoms with Gasteiger partial charge in [0.05, 0.1) is 0 Å². The van der Waals surface area contributed by atoms with E-state index in [9.17, 15) is 9.59 Å². The fourth-order valence-electron chi connectivity index (χ4n) is 4.05. The van der Waals surface area contributed by atoms with Gasteiger partial charge in [-0.2, -0.15) is 0 Å². The summed E-state index contributed by atoms with van der Waals surface area (Å²) in [6.07, 6.45) is 7.97. The highest BCUT2D eigenvalue weighted by molar-refractivity contribution is 6.30. The van der Waals surface area contributed by atoms with Gasteiger partial charge in [0.1, 0.15) is 0 Å². The van der Waals surface area contributed by atoms with Gasteiger partial charge >= 0.3 is 0 Å². The minimum atomic E-state index is 0.210. The molecule has 1 aromatic carbocycles. The van der Waals surface area contributed by atoms with Crippen molar-refractivity contribution in [3.05, 3.63) is 34.9 Å². The summed E-state index contributed by atoms with van der Waals surface area (Å²) in [5, 5.41) is 0.741. The second-order valence-corrected chi connectivity index (χ2v) is 8.03. The van der Waals surface area contributed by atoms with E-state index >= 15 is 0 Å². The quantitative estimate of drug-likeness (QED) is 0.755. The summed E-state index contributed by atoms with van der Waals surface area (Å²) < 4.78 is 0. The highest BCUT2D eigenvalue weighted by atomic mass is 35.5. The van der Waals surface area contributed by atoms with E-state index in [1.165, 1.54) is 31.2 Å². The van der Waals surface area contributed by atoms with Gasteiger partial charge in [-0.3, -0.25) is 9.59 Å². The number of amides is 2. The van der Waals surface area contributed by atoms with Crippen molar-refractivity contribution in [3.8, 4) is 0 Å². The molecular weight excluding hydrogens is 348 g/mol. The van der Waals surface area contributed by atoms with Crippen molar-refractivity contribution in [2.24, 2.45) is 5.92 Å². The first-order valence-corrected chi connectivity index (χ1v) is 10.3. The summed E-state index contributed by atoms with van der Waals surface area (Å²) >= 11 is 5.89. The molecule has 3 rings (SSSR count). The maximum absolute atomic E-state index is 12.4. The van der Waals surface area contributed by atoms with Crippen LogP contribution in [0.25, 0.3) is 0 Å². The predicted octanol–water partition coefficient (Wildman–Crippen LogP) is 3.91. The van der Waals surface area contributed by atoms with E-state index in [1.54, 1.807) is 0 Å². The van der Waals surface area contributed by atoms with Crippen LogP contribution >= 0.6 is 11.6 Å². The molecule has 0 N–H and O–H groups in total. The Morgan fingerprint density at radius 2 is 1.50 bits per heavy atom. The zero-order valence-corrected chi connectivity index (χ0v) is 16.2. The molecule has 1 aromatic rings. The molecule has 0 spiro atoms. The minimum absolute atomic E-state index is 0.210. The summed E-state index contributed by atoms with van der Waals surface area (Å²) in [7, 11) is 0. The molecule has 0 aromatic heterocycles. The third-order valence-corrected chi connectivity index (χ3v) is 5.94. The van der Waals surface area contributed by atoms with Gasteiger partial charge in [-0.05, 0) is 49.3 Å². The van der Waals surface area contributed by atoms with Crippen LogP contribution in [0.1, 0.15) is 50.5 Å². The average molecular weight is 377 g/mol. The van der Waals surface area contributed by atoms with Crippen LogP contribution in [0.5, 0.6) is 0 Å². The molecule has 0 bridgehead atoms. The van der Waals surface area contributed by atoms with Crippen molar-refractivity contribution in [2.75, 3.05) is 26.2 Å². The third kappa shape index (κ3) is 5.47. The number of hydrogen-bond acceptors (Lipinski definition) is 2. The Bertz CT molecular complexity index is 603.